The Morgan fingerprint density at radius 3 is 2.62 bits per heavy atom. The van der Waals surface area contributed by atoms with Crippen molar-refractivity contribution in [1.82, 2.24) is 5.32 Å². The first kappa shape index (κ1) is 13.0. The molecule has 0 aliphatic rings. The molecule has 0 fully saturated rings. The SMILES string of the molecule is CCC(N)CNC(=O)Cc1ccc(Cl)cc1. The Morgan fingerprint density at radius 1 is 1.44 bits per heavy atom. The van der Waals surface area contributed by atoms with Crippen LogP contribution >= 0.6 is 11.6 Å². The summed E-state index contributed by atoms with van der Waals surface area (Å²) in [6.45, 7) is 2.53. The molecule has 0 spiro atoms. The molecule has 0 aliphatic carbocycles. The lowest BCUT2D eigenvalue weighted by atomic mass is 10.1. The van der Waals surface area contributed by atoms with E-state index in [1.807, 2.05) is 19.1 Å². The van der Waals surface area contributed by atoms with Gasteiger partial charge in [-0.15, -0.1) is 0 Å². The number of hydrogen-bond donors (Lipinski definition) is 2. The molecule has 0 saturated heterocycles. The third-order valence-corrected chi connectivity index (χ3v) is 2.62. The lowest BCUT2D eigenvalue weighted by Crippen LogP contribution is -2.37. The van der Waals surface area contributed by atoms with Gasteiger partial charge >= 0.3 is 0 Å². The van der Waals surface area contributed by atoms with Gasteiger partial charge in [0.25, 0.3) is 0 Å². The normalized spacial score (nSPS) is 12.2. The summed E-state index contributed by atoms with van der Waals surface area (Å²) >= 11 is 5.75. The smallest absolute Gasteiger partial charge is 0.224 e. The minimum absolute atomic E-state index is 0.00813. The maximum absolute atomic E-state index is 11.5. The van der Waals surface area contributed by atoms with Gasteiger partial charge < -0.3 is 11.1 Å². The van der Waals surface area contributed by atoms with Crippen LogP contribution in [0, 0.1) is 0 Å². The van der Waals surface area contributed by atoms with Crippen molar-refractivity contribution >= 4 is 17.5 Å². The second-order valence-electron chi connectivity index (χ2n) is 3.78. The lowest BCUT2D eigenvalue weighted by Gasteiger charge is -2.10. The van der Waals surface area contributed by atoms with Crippen molar-refractivity contribution in [2.24, 2.45) is 5.73 Å². The highest BCUT2D eigenvalue weighted by Crippen LogP contribution is 2.09. The molecule has 1 atom stereocenters. The summed E-state index contributed by atoms with van der Waals surface area (Å²) in [6.07, 6.45) is 1.23. The van der Waals surface area contributed by atoms with Gasteiger partial charge in [0.2, 0.25) is 5.91 Å². The first-order valence-corrected chi connectivity index (χ1v) is 5.76. The molecule has 0 heterocycles. The van der Waals surface area contributed by atoms with Crippen molar-refractivity contribution in [2.75, 3.05) is 6.54 Å². The maximum atomic E-state index is 11.5. The third kappa shape index (κ3) is 4.64. The summed E-state index contributed by atoms with van der Waals surface area (Å²) < 4.78 is 0. The molecular weight excluding hydrogens is 224 g/mol. The van der Waals surface area contributed by atoms with Gasteiger partial charge in [0, 0.05) is 17.6 Å². The van der Waals surface area contributed by atoms with E-state index in [1.165, 1.54) is 0 Å². The molecule has 1 rings (SSSR count). The van der Waals surface area contributed by atoms with Gasteiger partial charge in [0.15, 0.2) is 0 Å². The summed E-state index contributed by atoms with van der Waals surface area (Å²) in [4.78, 5) is 11.5. The van der Waals surface area contributed by atoms with Gasteiger partial charge in [-0.3, -0.25) is 4.79 Å². The van der Waals surface area contributed by atoms with Crippen LogP contribution in [0.3, 0.4) is 0 Å². The Bertz CT molecular complexity index is 337. The first-order chi connectivity index (χ1) is 7.61. The number of amides is 1. The highest BCUT2D eigenvalue weighted by molar-refractivity contribution is 6.30. The van der Waals surface area contributed by atoms with Crippen LogP contribution in [0.25, 0.3) is 0 Å². The standard InChI is InChI=1S/C12H17ClN2O/c1-2-11(14)8-15-12(16)7-9-3-5-10(13)6-4-9/h3-6,11H,2,7-8,14H2,1H3,(H,15,16). The molecule has 1 unspecified atom stereocenters. The maximum Gasteiger partial charge on any atom is 0.224 e. The third-order valence-electron chi connectivity index (χ3n) is 2.36. The predicted molar refractivity (Wildman–Crippen MR) is 66.4 cm³/mol. The minimum atomic E-state index is -0.00813. The molecule has 1 amide bonds. The van der Waals surface area contributed by atoms with Crippen molar-refractivity contribution in [2.45, 2.75) is 25.8 Å². The number of hydrogen-bond acceptors (Lipinski definition) is 2. The van der Waals surface area contributed by atoms with Gasteiger partial charge in [-0.1, -0.05) is 30.7 Å². The number of nitrogens with two attached hydrogens (primary N) is 1. The molecule has 0 radical (unpaired) electrons. The zero-order valence-electron chi connectivity index (χ0n) is 9.37. The van der Waals surface area contributed by atoms with Gasteiger partial charge in [-0.2, -0.15) is 0 Å². The number of nitrogens with one attached hydrogen (secondary N) is 1. The van der Waals surface area contributed by atoms with Crippen LogP contribution in [0.15, 0.2) is 24.3 Å². The van der Waals surface area contributed by atoms with Gasteiger partial charge in [0.1, 0.15) is 0 Å². The Balaban J connectivity index is 2.37. The summed E-state index contributed by atoms with van der Waals surface area (Å²) in [6, 6.07) is 7.29. The fourth-order valence-electron chi connectivity index (χ4n) is 1.24. The molecule has 3 N–H and O–H groups in total. The van der Waals surface area contributed by atoms with E-state index in [0.717, 1.165) is 12.0 Å². The van der Waals surface area contributed by atoms with Crippen LogP contribution in [-0.4, -0.2) is 18.5 Å². The van der Waals surface area contributed by atoms with Gasteiger partial charge in [0.05, 0.1) is 6.42 Å². The van der Waals surface area contributed by atoms with E-state index in [4.69, 9.17) is 17.3 Å². The van der Waals surface area contributed by atoms with Crippen molar-refractivity contribution in [3.05, 3.63) is 34.9 Å². The summed E-state index contributed by atoms with van der Waals surface area (Å²) in [7, 11) is 0. The van der Waals surface area contributed by atoms with Crippen LogP contribution in [0.4, 0.5) is 0 Å². The van der Waals surface area contributed by atoms with Crippen LogP contribution in [0.1, 0.15) is 18.9 Å². The van der Waals surface area contributed by atoms with Crippen LogP contribution in [-0.2, 0) is 11.2 Å². The Labute approximate surface area is 101 Å². The molecule has 0 aliphatic heterocycles. The molecule has 4 heteroatoms. The molecule has 3 nitrogen and oxygen atoms in total. The Kier molecular flexibility index (Phi) is 5.29. The second kappa shape index (κ2) is 6.51. The monoisotopic (exact) mass is 240 g/mol. The van der Waals surface area contributed by atoms with Crippen LogP contribution < -0.4 is 11.1 Å². The quantitative estimate of drug-likeness (QED) is 0.824. The molecule has 0 saturated carbocycles. The molecule has 0 aromatic heterocycles. The molecule has 16 heavy (non-hydrogen) atoms. The number of benzene rings is 1. The second-order valence-corrected chi connectivity index (χ2v) is 4.21. The fourth-order valence-corrected chi connectivity index (χ4v) is 1.37. The van der Waals surface area contributed by atoms with Crippen molar-refractivity contribution < 1.29 is 4.79 Å². The number of carbonyl (C=O) groups is 1. The largest absolute Gasteiger partial charge is 0.354 e. The van der Waals surface area contributed by atoms with E-state index in [0.29, 0.717) is 18.0 Å². The minimum Gasteiger partial charge on any atom is -0.354 e. The molecule has 0 bridgehead atoms. The van der Waals surface area contributed by atoms with E-state index in [9.17, 15) is 4.79 Å². The number of rotatable bonds is 5. The summed E-state index contributed by atoms with van der Waals surface area (Å²) in [5.41, 5.74) is 6.65. The number of halogens is 1. The molecule has 88 valence electrons. The van der Waals surface area contributed by atoms with E-state index in [-0.39, 0.29) is 11.9 Å². The molecule has 1 aromatic rings. The number of carbonyl (C=O) groups excluding carboxylic acids is 1. The summed E-state index contributed by atoms with van der Waals surface area (Å²) in [5.74, 6) is -0.00813. The lowest BCUT2D eigenvalue weighted by molar-refractivity contribution is -0.120. The van der Waals surface area contributed by atoms with E-state index < -0.39 is 0 Å². The van der Waals surface area contributed by atoms with E-state index in [2.05, 4.69) is 5.32 Å². The summed E-state index contributed by atoms with van der Waals surface area (Å²) in [5, 5.41) is 3.48. The van der Waals surface area contributed by atoms with E-state index in [1.54, 1.807) is 12.1 Å². The van der Waals surface area contributed by atoms with Crippen molar-refractivity contribution in [1.29, 1.82) is 0 Å². The van der Waals surface area contributed by atoms with Crippen LogP contribution in [0.5, 0.6) is 0 Å². The zero-order valence-corrected chi connectivity index (χ0v) is 10.1. The molecular formula is C12H17ClN2O. The average Bonchev–Trinajstić information content (AvgIpc) is 2.29. The van der Waals surface area contributed by atoms with Crippen molar-refractivity contribution in [3.8, 4) is 0 Å². The average molecular weight is 241 g/mol. The zero-order chi connectivity index (χ0) is 12.0. The van der Waals surface area contributed by atoms with Crippen molar-refractivity contribution in [3.63, 3.8) is 0 Å². The predicted octanol–water partition coefficient (Wildman–Crippen LogP) is 1.74. The van der Waals surface area contributed by atoms with Gasteiger partial charge in [-0.05, 0) is 24.1 Å². The van der Waals surface area contributed by atoms with E-state index >= 15 is 0 Å². The topological polar surface area (TPSA) is 55.1 Å². The highest BCUT2D eigenvalue weighted by atomic mass is 35.5. The highest BCUT2D eigenvalue weighted by Gasteiger charge is 2.05. The fraction of sp³-hybridized carbons (Fsp3) is 0.417. The molecule has 1 aromatic carbocycles. The first-order valence-electron chi connectivity index (χ1n) is 5.38. The van der Waals surface area contributed by atoms with Gasteiger partial charge in [-0.25, -0.2) is 0 Å². The van der Waals surface area contributed by atoms with Crippen LogP contribution in [0.2, 0.25) is 5.02 Å². The Morgan fingerprint density at radius 2 is 2.06 bits per heavy atom. The Hall–Kier alpha value is -1.06.